The van der Waals surface area contributed by atoms with Crippen LogP contribution < -0.4 is 25.6 Å². The number of hydrogen-bond donors (Lipinski definition) is 3. The molecule has 4 rings (SSSR count). The summed E-state index contributed by atoms with van der Waals surface area (Å²) in [6, 6.07) is 23.6. The predicted octanol–water partition coefficient (Wildman–Crippen LogP) is 3.76. The van der Waals surface area contributed by atoms with Crippen molar-refractivity contribution in [3.63, 3.8) is 0 Å². The van der Waals surface area contributed by atoms with Crippen molar-refractivity contribution in [2.45, 2.75) is 13.0 Å². The maximum Gasteiger partial charge on any atom is 0.322 e. The molecule has 33 heavy (non-hydrogen) atoms. The molecule has 8 nitrogen and oxygen atoms in total. The molecule has 0 radical (unpaired) electrons. The average molecular weight is 444 g/mol. The van der Waals surface area contributed by atoms with E-state index in [-0.39, 0.29) is 31.3 Å². The molecule has 3 aromatic carbocycles. The normalized spacial score (nSPS) is 12.4. The third-order valence-corrected chi connectivity index (χ3v) is 5.03. The molecule has 168 valence electrons. The van der Waals surface area contributed by atoms with E-state index in [1.807, 2.05) is 30.3 Å². The monoisotopic (exact) mass is 444 g/mol. The second-order valence-electron chi connectivity index (χ2n) is 7.48. The van der Waals surface area contributed by atoms with E-state index >= 15 is 0 Å². The minimum absolute atomic E-state index is 0.0757. The lowest BCUT2D eigenvalue weighted by Gasteiger charge is -2.29. The third-order valence-electron chi connectivity index (χ3n) is 5.03. The van der Waals surface area contributed by atoms with Gasteiger partial charge >= 0.3 is 6.03 Å². The Kier molecular flexibility index (Phi) is 6.84. The van der Waals surface area contributed by atoms with Crippen LogP contribution in [0.1, 0.15) is 12.0 Å². The molecule has 0 spiro atoms. The van der Waals surface area contributed by atoms with E-state index in [4.69, 9.17) is 4.74 Å². The number of rotatable bonds is 7. The first-order valence-corrected chi connectivity index (χ1v) is 10.6. The molecule has 0 aliphatic carbocycles. The highest BCUT2D eigenvalue weighted by atomic mass is 16.5. The summed E-state index contributed by atoms with van der Waals surface area (Å²) >= 11 is 0. The van der Waals surface area contributed by atoms with Crippen molar-refractivity contribution in [3.8, 4) is 5.75 Å². The van der Waals surface area contributed by atoms with Crippen LogP contribution in [0, 0.1) is 0 Å². The Morgan fingerprint density at radius 2 is 1.67 bits per heavy atom. The molecule has 3 aromatic rings. The lowest BCUT2D eigenvalue weighted by atomic mass is 10.2. The highest BCUT2D eigenvalue weighted by Crippen LogP contribution is 2.28. The first-order chi connectivity index (χ1) is 16.1. The topological polar surface area (TPSA) is 99.8 Å². The average Bonchev–Trinajstić information content (AvgIpc) is 2.83. The fourth-order valence-corrected chi connectivity index (χ4v) is 3.39. The number of nitrogens with zero attached hydrogens (tertiary/aromatic N) is 1. The van der Waals surface area contributed by atoms with Crippen LogP contribution in [0.15, 0.2) is 78.9 Å². The van der Waals surface area contributed by atoms with Crippen LogP contribution in [0.2, 0.25) is 0 Å². The molecule has 3 N–H and O–H groups in total. The largest absolute Gasteiger partial charge is 0.489 e. The van der Waals surface area contributed by atoms with E-state index in [9.17, 15) is 14.4 Å². The molecule has 8 heteroatoms. The lowest BCUT2D eigenvalue weighted by Crippen LogP contribution is -2.47. The van der Waals surface area contributed by atoms with Gasteiger partial charge in [-0.3, -0.25) is 14.5 Å². The number of benzene rings is 3. The first kappa shape index (κ1) is 21.9. The van der Waals surface area contributed by atoms with Crippen molar-refractivity contribution in [3.05, 3.63) is 84.4 Å². The second kappa shape index (κ2) is 10.3. The summed E-state index contributed by atoms with van der Waals surface area (Å²) < 4.78 is 5.74. The number of hydrogen-bond acceptors (Lipinski definition) is 4. The maximum absolute atomic E-state index is 12.5. The second-order valence-corrected chi connectivity index (χ2v) is 7.48. The Labute approximate surface area is 191 Å². The van der Waals surface area contributed by atoms with E-state index in [0.717, 1.165) is 5.56 Å². The lowest BCUT2D eigenvalue weighted by molar-refractivity contribution is -0.116. The van der Waals surface area contributed by atoms with Crippen LogP contribution >= 0.6 is 0 Å². The minimum Gasteiger partial charge on any atom is -0.489 e. The molecule has 1 heterocycles. The summed E-state index contributed by atoms with van der Waals surface area (Å²) in [5, 5.41) is 8.23. The molecule has 1 aliphatic rings. The first-order valence-electron chi connectivity index (χ1n) is 10.6. The molecule has 0 bridgehead atoms. The number of carbonyl (C=O) groups is 3. The highest BCUT2D eigenvalue weighted by molar-refractivity contribution is 6.09. The van der Waals surface area contributed by atoms with Crippen molar-refractivity contribution < 1.29 is 19.1 Å². The summed E-state index contributed by atoms with van der Waals surface area (Å²) in [6.07, 6.45) is 0.0969. The SMILES string of the molecule is O=C(CCNC(=O)N1CC(=O)Nc2ccccc21)Nc1ccc(OCc2ccccc2)cc1. The van der Waals surface area contributed by atoms with Crippen molar-refractivity contribution >= 4 is 34.9 Å². The number of para-hydroxylation sites is 2. The van der Waals surface area contributed by atoms with Crippen LogP contribution in [0.5, 0.6) is 5.75 Å². The zero-order valence-corrected chi connectivity index (χ0v) is 17.9. The van der Waals surface area contributed by atoms with Gasteiger partial charge in [-0.15, -0.1) is 0 Å². The van der Waals surface area contributed by atoms with Crippen molar-refractivity contribution in [1.82, 2.24) is 5.32 Å². The molecule has 0 saturated carbocycles. The quantitative estimate of drug-likeness (QED) is 0.517. The summed E-state index contributed by atoms with van der Waals surface area (Å²) in [6.45, 7) is 0.534. The van der Waals surface area contributed by atoms with Gasteiger partial charge in [-0.1, -0.05) is 42.5 Å². The minimum atomic E-state index is -0.426. The molecule has 4 amide bonds. The van der Waals surface area contributed by atoms with Crippen molar-refractivity contribution in [2.75, 3.05) is 28.6 Å². The number of urea groups is 1. The van der Waals surface area contributed by atoms with Gasteiger partial charge in [0, 0.05) is 18.7 Å². The Morgan fingerprint density at radius 1 is 0.939 bits per heavy atom. The fourth-order valence-electron chi connectivity index (χ4n) is 3.39. The summed E-state index contributed by atoms with van der Waals surface area (Å²) in [5.74, 6) is 0.206. The van der Waals surface area contributed by atoms with Gasteiger partial charge in [0.2, 0.25) is 11.8 Å². The van der Waals surface area contributed by atoms with Gasteiger partial charge in [-0.2, -0.15) is 0 Å². The van der Waals surface area contributed by atoms with E-state index in [1.165, 1.54) is 4.90 Å². The Hall–Kier alpha value is -4.33. The highest BCUT2D eigenvalue weighted by Gasteiger charge is 2.26. The van der Waals surface area contributed by atoms with E-state index < -0.39 is 6.03 Å². The smallest absolute Gasteiger partial charge is 0.322 e. The molecule has 0 unspecified atom stereocenters. The standard InChI is InChI=1S/C25H24N4O4/c30-23(27-19-10-12-20(13-11-19)33-17-18-6-2-1-3-7-18)14-15-26-25(32)29-16-24(31)28-21-8-4-5-9-22(21)29/h1-13H,14-17H2,(H,26,32)(H,27,30)(H,28,31). The van der Waals surface area contributed by atoms with E-state index in [1.54, 1.807) is 48.5 Å². The number of fused-ring (bicyclic) bond motifs is 1. The summed E-state index contributed by atoms with van der Waals surface area (Å²) in [4.78, 5) is 38.0. The van der Waals surface area contributed by atoms with Crippen LogP contribution in [0.25, 0.3) is 0 Å². The molecule has 0 saturated heterocycles. The third kappa shape index (κ3) is 5.88. The van der Waals surface area contributed by atoms with Gasteiger partial charge in [0.25, 0.3) is 0 Å². The van der Waals surface area contributed by atoms with Gasteiger partial charge in [0.1, 0.15) is 18.9 Å². The van der Waals surface area contributed by atoms with Crippen LogP contribution in [0.4, 0.5) is 21.9 Å². The predicted molar refractivity (Wildman–Crippen MR) is 126 cm³/mol. The number of amides is 4. The molecule has 1 aliphatic heterocycles. The Balaban J connectivity index is 1.22. The number of nitrogens with one attached hydrogen (secondary N) is 3. The number of ether oxygens (including phenoxy) is 1. The molecular weight excluding hydrogens is 420 g/mol. The van der Waals surface area contributed by atoms with Crippen molar-refractivity contribution in [2.24, 2.45) is 0 Å². The molecular formula is C25H24N4O4. The van der Waals surface area contributed by atoms with Crippen LogP contribution in [-0.2, 0) is 16.2 Å². The Morgan fingerprint density at radius 3 is 2.45 bits per heavy atom. The molecule has 0 atom stereocenters. The van der Waals surface area contributed by atoms with Crippen LogP contribution in [0.3, 0.4) is 0 Å². The van der Waals surface area contributed by atoms with Crippen LogP contribution in [-0.4, -0.2) is 30.9 Å². The van der Waals surface area contributed by atoms with Gasteiger partial charge in [0.15, 0.2) is 0 Å². The summed E-state index contributed by atoms with van der Waals surface area (Å²) in [5.41, 5.74) is 2.91. The number of anilines is 3. The zero-order valence-electron chi connectivity index (χ0n) is 17.9. The van der Waals surface area contributed by atoms with Gasteiger partial charge in [-0.05, 0) is 42.0 Å². The molecule has 0 fully saturated rings. The van der Waals surface area contributed by atoms with Crippen molar-refractivity contribution in [1.29, 1.82) is 0 Å². The zero-order chi connectivity index (χ0) is 23.0. The Bertz CT molecular complexity index is 1130. The fraction of sp³-hybridized carbons (Fsp3) is 0.160. The maximum atomic E-state index is 12.5. The van der Waals surface area contributed by atoms with Gasteiger partial charge in [0.05, 0.1) is 11.4 Å². The summed E-state index contributed by atoms with van der Waals surface area (Å²) in [7, 11) is 0. The van der Waals surface area contributed by atoms with Gasteiger partial charge in [-0.25, -0.2) is 4.79 Å². The van der Waals surface area contributed by atoms with E-state index in [0.29, 0.717) is 29.4 Å². The number of carbonyl (C=O) groups excluding carboxylic acids is 3. The van der Waals surface area contributed by atoms with Gasteiger partial charge < -0.3 is 20.7 Å². The molecule has 0 aromatic heterocycles. The van der Waals surface area contributed by atoms with E-state index in [2.05, 4.69) is 16.0 Å².